The molecule has 0 radical (unpaired) electrons. The summed E-state index contributed by atoms with van der Waals surface area (Å²) in [5, 5.41) is 3.79. The molecule has 1 aromatic carbocycles. The Morgan fingerprint density at radius 1 is 1.24 bits per heavy atom. The average molecular weight is 229 g/mol. The molecule has 0 bridgehead atoms. The van der Waals surface area contributed by atoms with Crippen LogP contribution in [0.25, 0.3) is 0 Å². The fourth-order valence-corrected chi connectivity index (χ4v) is 3.05. The second kappa shape index (κ2) is 4.45. The smallest absolute Gasteiger partial charge is 0.00813 e. The van der Waals surface area contributed by atoms with Gasteiger partial charge in [0.2, 0.25) is 0 Å². The van der Waals surface area contributed by atoms with E-state index in [0.717, 1.165) is 23.9 Å². The third-order valence-corrected chi connectivity index (χ3v) is 4.48. The van der Waals surface area contributed by atoms with Gasteiger partial charge in [-0.15, -0.1) is 0 Å². The lowest BCUT2D eigenvalue weighted by Crippen LogP contribution is -2.45. The fraction of sp³-hybridized carbons (Fsp3) is 0.625. The van der Waals surface area contributed by atoms with E-state index in [-0.39, 0.29) is 0 Å². The molecule has 1 N–H and O–H groups in total. The Morgan fingerprint density at radius 2 is 2.00 bits per heavy atom. The van der Waals surface area contributed by atoms with Crippen molar-refractivity contribution < 1.29 is 0 Å². The van der Waals surface area contributed by atoms with Crippen LogP contribution in [0.1, 0.15) is 49.7 Å². The highest BCUT2D eigenvalue weighted by Gasteiger charge is 2.34. The lowest BCUT2D eigenvalue weighted by atomic mass is 9.75. The van der Waals surface area contributed by atoms with Crippen LogP contribution in [0.3, 0.4) is 0 Å². The van der Waals surface area contributed by atoms with Crippen LogP contribution in [0.4, 0.5) is 0 Å². The normalized spacial score (nSPS) is 29.8. The molecule has 3 rings (SSSR count). The van der Waals surface area contributed by atoms with Crippen LogP contribution >= 0.6 is 0 Å². The van der Waals surface area contributed by atoms with Crippen LogP contribution in [0, 0.1) is 12.8 Å². The first-order chi connectivity index (χ1) is 8.22. The quantitative estimate of drug-likeness (QED) is 0.831. The van der Waals surface area contributed by atoms with Gasteiger partial charge in [-0.3, -0.25) is 0 Å². The summed E-state index contributed by atoms with van der Waals surface area (Å²) in [5.41, 5.74) is 2.94. The molecule has 1 aromatic rings. The Balaban J connectivity index is 1.50. The van der Waals surface area contributed by atoms with Crippen LogP contribution in [-0.4, -0.2) is 12.1 Å². The van der Waals surface area contributed by atoms with Gasteiger partial charge in [-0.2, -0.15) is 0 Å². The monoisotopic (exact) mass is 229 g/mol. The van der Waals surface area contributed by atoms with E-state index in [1.807, 2.05) is 0 Å². The fourth-order valence-electron chi connectivity index (χ4n) is 3.05. The summed E-state index contributed by atoms with van der Waals surface area (Å²) in [6.45, 7) is 4.55. The highest BCUT2D eigenvalue weighted by molar-refractivity contribution is 5.27. The van der Waals surface area contributed by atoms with Crippen LogP contribution in [0.15, 0.2) is 24.3 Å². The van der Waals surface area contributed by atoms with E-state index >= 15 is 0 Å². The van der Waals surface area contributed by atoms with Gasteiger partial charge in [-0.25, -0.2) is 0 Å². The molecular formula is C16H23N. The largest absolute Gasteiger partial charge is 0.311 e. The van der Waals surface area contributed by atoms with Crippen molar-refractivity contribution in [1.82, 2.24) is 5.32 Å². The summed E-state index contributed by atoms with van der Waals surface area (Å²) < 4.78 is 0. The number of aryl methyl sites for hydroxylation is 1. The van der Waals surface area contributed by atoms with Crippen molar-refractivity contribution in [1.29, 1.82) is 0 Å². The van der Waals surface area contributed by atoms with Crippen molar-refractivity contribution in [2.24, 2.45) is 5.92 Å². The predicted octanol–water partition coefficient (Wildman–Crippen LogP) is 3.63. The summed E-state index contributed by atoms with van der Waals surface area (Å²) in [7, 11) is 0. The Labute approximate surface area is 105 Å². The van der Waals surface area contributed by atoms with E-state index in [1.54, 1.807) is 5.56 Å². The third kappa shape index (κ3) is 2.55. The zero-order valence-corrected chi connectivity index (χ0v) is 10.9. The number of benzene rings is 1. The summed E-state index contributed by atoms with van der Waals surface area (Å²) in [6, 6.07) is 10.5. The van der Waals surface area contributed by atoms with Gasteiger partial charge in [-0.1, -0.05) is 29.8 Å². The maximum absolute atomic E-state index is 3.79. The predicted molar refractivity (Wildman–Crippen MR) is 72.3 cm³/mol. The van der Waals surface area contributed by atoms with Gasteiger partial charge in [-0.05, 0) is 56.9 Å². The Kier molecular flexibility index (Phi) is 2.96. The molecule has 0 saturated heterocycles. The molecule has 0 heterocycles. The SMILES string of the molecule is Cc1cccc(C2CC(NC(C)C3CC3)C2)c1. The van der Waals surface area contributed by atoms with Crippen molar-refractivity contribution in [3.8, 4) is 0 Å². The maximum Gasteiger partial charge on any atom is 0.00813 e. The molecular weight excluding hydrogens is 206 g/mol. The minimum atomic E-state index is 0.749. The molecule has 17 heavy (non-hydrogen) atoms. The second-order valence-electron chi connectivity index (χ2n) is 6.07. The zero-order valence-electron chi connectivity index (χ0n) is 10.9. The molecule has 0 aromatic heterocycles. The van der Waals surface area contributed by atoms with Crippen molar-refractivity contribution in [3.63, 3.8) is 0 Å². The molecule has 2 fully saturated rings. The van der Waals surface area contributed by atoms with Gasteiger partial charge in [0.1, 0.15) is 0 Å². The topological polar surface area (TPSA) is 12.0 Å². The van der Waals surface area contributed by atoms with Gasteiger partial charge >= 0.3 is 0 Å². The summed E-state index contributed by atoms with van der Waals surface area (Å²) in [4.78, 5) is 0. The number of nitrogens with one attached hydrogen (secondary N) is 1. The van der Waals surface area contributed by atoms with Gasteiger partial charge in [0.25, 0.3) is 0 Å². The molecule has 0 spiro atoms. The van der Waals surface area contributed by atoms with E-state index in [9.17, 15) is 0 Å². The minimum Gasteiger partial charge on any atom is -0.311 e. The lowest BCUT2D eigenvalue weighted by Gasteiger charge is -2.38. The highest BCUT2D eigenvalue weighted by Crippen LogP contribution is 2.39. The van der Waals surface area contributed by atoms with Crippen LogP contribution < -0.4 is 5.32 Å². The van der Waals surface area contributed by atoms with Gasteiger partial charge in [0.15, 0.2) is 0 Å². The van der Waals surface area contributed by atoms with E-state index in [1.165, 1.54) is 31.2 Å². The van der Waals surface area contributed by atoms with Crippen molar-refractivity contribution in [3.05, 3.63) is 35.4 Å². The Bertz CT molecular complexity index is 388. The second-order valence-corrected chi connectivity index (χ2v) is 6.07. The molecule has 0 aliphatic heterocycles. The minimum absolute atomic E-state index is 0.749. The van der Waals surface area contributed by atoms with E-state index in [4.69, 9.17) is 0 Å². The van der Waals surface area contributed by atoms with Crippen LogP contribution in [0.5, 0.6) is 0 Å². The standard InChI is InChI=1S/C16H23N/c1-11-4-3-5-14(8-11)15-9-16(10-15)17-12(2)13-6-7-13/h3-5,8,12-13,15-17H,6-7,9-10H2,1-2H3. The molecule has 0 amide bonds. The first kappa shape index (κ1) is 11.3. The molecule has 2 aliphatic rings. The maximum atomic E-state index is 3.79. The molecule has 1 unspecified atom stereocenters. The molecule has 1 atom stereocenters. The van der Waals surface area contributed by atoms with Gasteiger partial charge in [0, 0.05) is 12.1 Å². The summed E-state index contributed by atoms with van der Waals surface area (Å²) >= 11 is 0. The Hall–Kier alpha value is -0.820. The number of hydrogen-bond donors (Lipinski definition) is 1. The van der Waals surface area contributed by atoms with Gasteiger partial charge in [0.05, 0.1) is 0 Å². The van der Waals surface area contributed by atoms with Crippen LogP contribution in [-0.2, 0) is 0 Å². The molecule has 2 saturated carbocycles. The molecule has 2 aliphatic carbocycles. The average Bonchev–Trinajstić information content (AvgIpc) is 3.05. The van der Waals surface area contributed by atoms with Crippen molar-refractivity contribution in [2.75, 3.05) is 0 Å². The van der Waals surface area contributed by atoms with Crippen LogP contribution in [0.2, 0.25) is 0 Å². The number of hydrogen-bond acceptors (Lipinski definition) is 1. The number of rotatable bonds is 4. The van der Waals surface area contributed by atoms with E-state index in [0.29, 0.717) is 0 Å². The molecule has 1 heteroatoms. The van der Waals surface area contributed by atoms with Gasteiger partial charge < -0.3 is 5.32 Å². The van der Waals surface area contributed by atoms with E-state index in [2.05, 4.69) is 43.4 Å². The van der Waals surface area contributed by atoms with Crippen molar-refractivity contribution in [2.45, 2.75) is 57.5 Å². The Morgan fingerprint density at radius 3 is 2.65 bits per heavy atom. The van der Waals surface area contributed by atoms with Crippen molar-refractivity contribution >= 4 is 0 Å². The van der Waals surface area contributed by atoms with E-state index < -0.39 is 0 Å². The zero-order chi connectivity index (χ0) is 11.8. The first-order valence-electron chi connectivity index (χ1n) is 7.05. The highest BCUT2D eigenvalue weighted by atomic mass is 15.0. The summed E-state index contributed by atoms with van der Waals surface area (Å²) in [6.07, 6.45) is 5.56. The third-order valence-electron chi connectivity index (χ3n) is 4.48. The first-order valence-corrected chi connectivity index (χ1v) is 7.05. The lowest BCUT2D eigenvalue weighted by molar-refractivity contribution is 0.260. The molecule has 92 valence electrons. The molecule has 1 nitrogen and oxygen atoms in total. The summed E-state index contributed by atoms with van der Waals surface area (Å²) in [5.74, 6) is 1.78.